The maximum atomic E-state index is 12.6. The summed E-state index contributed by atoms with van der Waals surface area (Å²) in [6, 6.07) is 21.6. The van der Waals surface area contributed by atoms with Crippen LogP contribution in [-0.4, -0.2) is 18.4 Å². The molecule has 130 valence electrons. The van der Waals surface area contributed by atoms with E-state index in [1.165, 1.54) is 0 Å². The van der Waals surface area contributed by atoms with E-state index in [0.717, 1.165) is 27.7 Å². The Kier molecular flexibility index (Phi) is 4.17. The van der Waals surface area contributed by atoms with Gasteiger partial charge in [-0.2, -0.15) is 0 Å². The van der Waals surface area contributed by atoms with Crippen LogP contribution >= 0.6 is 0 Å². The van der Waals surface area contributed by atoms with Crippen molar-refractivity contribution in [1.29, 1.82) is 0 Å². The molecule has 4 nitrogen and oxygen atoms in total. The number of carbonyl (C=O) groups is 2. The highest BCUT2D eigenvalue weighted by Crippen LogP contribution is 2.32. The predicted octanol–water partition coefficient (Wildman–Crippen LogP) is 4.14. The lowest BCUT2D eigenvalue weighted by Crippen LogP contribution is -2.28. The molecule has 1 heterocycles. The number of hydrogen-bond donors (Lipinski definition) is 1. The standard InChI is InChI=1S/C22H20N2O2/c1-15-9-11-18(12-10-15)23-22(26)17-13-21(25)24(14-17)20-8-4-6-16-5-2-3-7-19(16)20/h2-12,17H,13-14H2,1H3,(H,23,26)/t17-/m1/s1. The van der Waals surface area contributed by atoms with Gasteiger partial charge < -0.3 is 10.2 Å². The summed E-state index contributed by atoms with van der Waals surface area (Å²) in [5.74, 6) is -0.460. The van der Waals surface area contributed by atoms with Crippen LogP contribution in [0.15, 0.2) is 66.7 Å². The topological polar surface area (TPSA) is 49.4 Å². The summed E-state index contributed by atoms with van der Waals surface area (Å²) in [5.41, 5.74) is 2.77. The van der Waals surface area contributed by atoms with Gasteiger partial charge in [-0.25, -0.2) is 0 Å². The van der Waals surface area contributed by atoms with Crippen LogP contribution in [0.5, 0.6) is 0 Å². The Morgan fingerprint density at radius 1 is 1.00 bits per heavy atom. The van der Waals surface area contributed by atoms with E-state index in [9.17, 15) is 9.59 Å². The van der Waals surface area contributed by atoms with Crippen LogP contribution in [0.4, 0.5) is 11.4 Å². The Hall–Kier alpha value is -3.14. The molecule has 4 heteroatoms. The van der Waals surface area contributed by atoms with Crippen LogP contribution in [0, 0.1) is 12.8 Å². The fraction of sp³-hybridized carbons (Fsp3) is 0.182. The van der Waals surface area contributed by atoms with Crippen molar-refractivity contribution in [3.8, 4) is 0 Å². The number of carbonyl (C=O) groups excluding carboxylic acids is 2. The molecule has 0 radical (unpaired) electrons. The third kappa shape index (κ3) is 3.06. The van der Waals surface area contributed by atoms with Gasteiger partial charge in [0.25, 0.3) is 0 Å². The maximum absolute atomic E-state index is 12.6. The number of amides is 2. The second-order valence-corrected chi connectivity index (χ2v) is 6.76. The van der Waals surface area contributed by atoms with E-state index in [0.29, 0.717) is 6.54 Å². The van der Waals surface area contributed by atoms with Gasteiger partial charge in [-0.15, -0.1) is 0 Å². The number of nitrogens with one attached hydrogen (secondary N) is 1. The van der Waals surface area contributed by atoms with Crippen LogP contribution in [0.25, 0.3) is 10.8 Å². The molecule has 1 fully saturated rings. The number of anilines is 2. The third-order valence-corrected chi connectivity index (χ3v) is 4.87. The first-order valence-electron chi connectivity index (χ1n) is 8.77. The number of hydrogen-bond acceptors (Lipinski definition) is 2. The molecule has 1 saturated heterocycles. The number of rotatable bonds is 3. The average molecular weight is 344 g/mol. The van der Waals surface area contributed by atoms with Gasteiger partial charge in [-0.3, -0.25) is 9.59 Å². The molecule has 0 spiro atoms. The van der Waals surface area contributed by atoms with E-state index in [1.807, 2.05) is 73.7 Å². The first-order chi connectivity index (χ1) is 12.6. The van der Waals surface area contributed by atoms with Gasteiger partial charge in [0.15, 0.2) is 0 Å². The summed E-state index contributed by atoms with van der Waals surface area (Å²) in [6.45, 7) is 2.41. The first-order valence-corrected chi connectivity index (χ1v) is 8.77. The molecule has 0 aliphatic carbocycles. The molecule has 4 rings (SSSR count). The monoisotopic (exact) mass is 344 g/mol. The van der Waals surface area contributed by atoms with Gasteiger partial charge in [0, 0.05) is 24.0 Å². The summed E-state index contributed by atoms with van der Waals surface area (Å²) in [6.07, 6.45) is 0.237. The van der Waals surface area contributed by atoms with Gasteiger partial charge in [0.2, 0.25) is 11.8 Å². The molecular formula is C22H20N2O2. The number of nitrogens with zero attached hydrogens (tertiary/aromatic N) is 1. The van der Waals surface area contributed by atoms with Crippen molar-refractivity contribution in [2.24, 2.45) is 5.92 Å². The zero-order valence-corrected chi connectivity index (χ0v) is 14.6. The van der Waals surface area contributed by atoms with Crippen molar-refractivity contribution >= 4 is 34.0 Å². The number of benzene rings is 3. The lowest BCUT2D eigenvalue weighted by Gasteiger charge is -2.19. The highest BCUT2D eigenvalue weighted by molar-refractivity contribution is 6.08. The van der Waals surface area contributed by atoms with Crippen molar-refractivity contribution in [2.45, 2.75) is 13.3 Å². The Bertz CT molecular complexity index is 974. The highest BCUT2D eigenvalue weighted by Gasteiger charge is 2.35. The molecule has 1 aliphatic heterocycles. The van der Waals surface area contributed by atoms with Crippen LogP contribution in [0.2, 0.25) is 0 Å². The molecule has 1 aliphatic rings. The quantitative estimate of drug-likeness (QED) is 0.776. The van der Waals surface area contributed by atoms with Gasteiger partial charge in [-0.1, -0.05) is 54.1 Å². The summed E-state index contributed by atoms with van der Waals surface area (Å²) in [4.78, 5) is 26.9. The SMILES string of the molecule is Cc1ccc(NC(=O)[C@@H]2CC(=O)N(c3cccc4ccccc34)C2)cc1. The molecule has 3 aromatic carbocycles. The van der Waals surface area contributed by atoms with Crippen molar-refractivity contribution in [2.75, 3.05) is 16.8 Å². The predicted molar refractivity (Wildman–Crippen MR) is 104 cm³/mol. The van der Waals surface area contributed by atoms with Crippen molar-refractivity contribution in [1.82, 2.24) is 0 Å². The summed E-state index contributed by atoms with van der Waals surface area (Å²) >= 11 is 0. The van der Waals surface area contributed by atoms with Crippen LogP contribution in [0.1, 0.15) is 12.0 Å². The van der Waals surface area contributed by atoms with Crippen molar-refractivity contribution in [3.05, 3.63) is 72.3 Å². The van der Waals surface area contributed by atoms with Crippen LogP contribution in [0.3, 0.4) is 0 Å². The molecule has 0 unspecified atom stereocenters. The minimum absolute atomic E-state index is 0.00888. The van der Waals surface area contributed by atoms with E-state index >= 15 is 0 Å². The first kappa shape index (κ1) is 16.3. The van der Waals surface area contributed by atoms with E-state index in [1.54, 1.807) is 4.90 Å². The maximum Gasteiger partial charge on any atom is 0.229 e. The molecule has 0 bridgehead atoms. The lowest BCUT2D eigenvalue weighted by molar-refractivity contribution is -0.122. The van der Waals surface area contributed by atoms with E-state index in [2.05, 4.69) is 5.32 Å². The van der Waals surface area contributed by atoms with Gasteiger partial charge >= 0.3 is 0 Å². The highest BCUT2D eigenvalue weighted by atomic mass is 16.2. The van der Waals surface area contributed by atoms with Crippen molar-refractivity contribution < 1.29 is 9.59 Å². The fourth-order valence-electron chi connectivity index (χ4n) is 3.44. The fourth-order valence-corrected chi connectivity index (χ4v) is 3.44. The largest absolute Gasteiger partial charge is 0.326 e. The Morgan fingerprint density at radius 2 is 1.73 bits per heavy atom. The molecule has 0 aromatic heterocycles. The second kappa shape index (κ2) is 6.64. The van der Waals surface area contributed by atoms with E-state index in [-0.39, 0.29) is 24.2 Å². The molecule has 3 aromatic rings. The van der Waals surface area contributed by atoms with Crippen molar-refractivity contribution in [3.63, 3.8) is 0 Å². The molecular weight excluding hydrogens is 324 g/mol. The van der Waals surface area contributed by atoms with Gasteiger partial charge in [0.1, 0.15) is 0 Å². The Morgan fingerprint density at radius 3 is 2.54 bits per heavy atom. The molecule has 26 heavy (non-hydrogen) atoms. The lowest BCUT2D eigenvalue weighted by atomic mass is 10.1. The summed E-state index contributed by atoms with van der Waals surface area (Å²) < 4.78 is 0. The van der Waals surface area contributed by atoms with Gasteiger partial charge in [0.05, 0.1) is 11.6 Å². The molecule has 1 N–H and O–H groups in total. The number of fused-ring (bicyclic) bond motifs is 1. The molecule has 2 amide bonds. The van der Waals surface area contributed by atoms with E-state index < -0.39 is 0 Å². The minimum atomic E-state index is -0.345. The summed E-state index contributed by atoms with van der Waals surface area (Å²) in [7, 11) is 0. The Labute approximate surface area is 152 Å². The number of aryl methyl sites for hydroxylation is 1. The third-order valence-electron chi connectivity index (χ3n) is 4.87. The Balaban J connectivity index is 1.55. The second-order valence-electron chi connectivity index (χ2n) is 6.76. The normalized spacial score (nSPS) is 16.9. The summed E-state index contributed by atoms with van der Waals surface area (Å²) in [5, 5.41) is 5.04. The smallest absolute Gasteiger partial charge is 0.229 e. The van der Waals surface area contributed by atoms with Crippen LogP contribution in [-0.2, 0) is 9.59 Å². The minimum Gasteiger partial charge on any atom is -0.326 e. The zero-order valence-electron chi connectivity index (χ0n) is 14.6. The average Bonchev–Trinajstić information content (AvgIpc) is 3.05. The zero-order chi connectivity index (χ0) is 18.1. The van der Waals surface area contributed by atoms with E-state index in [4.69, 9.17) is 0 Å². The van der Waals surface area contributed by atoms with Gasteiger partial charge in [-0.05, 0) is 30.5 Å². The molecule has 0 saturated carbocycles. The van der Waals surface area contributed by atoms with Crippen LogP contribution < -0.4 is 10.2 Å². The molecule has 1 atom stereocenters.